The van der Waals surface area contributed by atoms with Crippen molar-refractivity contribution < 1.29 is 9.47 Å². The third kappa shape index (κ3) is 4.02. The molecule has 0 saturated heterocycles. The Bertz CT molecular complexity index is 850. The average Bonchev–Trinajstić information content (AvgIpc) is 2.99. The van der Waals surface area contributed by atoms with E-state index in [0.717, 1.165) is 24.5 Å². The van der Waals surface area contributed by atoms with Crippen LogP contribution < -0.4 is 15.8 Å². The summed E-state index contributed by atoms with van der Waals surface area (Å²) in [7, 11) is 1.61. The van der Waals surface area contributed by atoms with Crippen LogP contribution in [0.2, 0.25) is 0 Å². The fourth-order valence-corrected chi connectivity index (χ4v) is 2.57. The first-order valence-corrected chi connectivity index (χ1v) is 8.66. The Balaban J connectivity index is 2.01. The lowest BCUT2D eigenvalue weighted by atomic mass is 10.2. The molecule has 0 spiro atoms. The Morgan fingerprint density at radius 1 is 1.12 bits per heavy atom. The number of hydrogen-bond acceptors (Lipinski definition) is 7. The maximum atomic E-state index is 6.10. The normalized spacial score (nSPS) is 11.0. The van der Waals surface area contributed by atoms with Gasteiger partial charge in [0.25, 0.3) is 0 Å². The third-order valence-corrected chi connectivity index (χ3v) is 3.84. The van der Waals surface area contributed by atoms with Crippen molar-refractivity contribution in [3.63, 3.8) is 0 Å². The third-order valence-electron chi connectivity index (χ3n) is 3.84. The van der Waals surface area contributed by atoms with Gasteiger partial charge in [0.15, 0.2) is 17.0 Å². The Labute approximate surface area is 152 Å². The second-order valence-corrected chi connectivity index (χ2v) is 5.84. The summed E-state index contributed by atoms with van der Waals surface area (Å²) in [4.78, 5) is 13.3. The lowest BCUT2D eigenvalue weighted by molar-refractivity contribution is 0.141. The molecule has 0 amide bonds. The molecule has 0 aliphatic carbocycles. The van der Waals surface area contributed by atoms with Crippen molar-refractivity contribution in [1.82, 2.24) is 19.5 Å². The molecule has 26 heavy (non-hydrogen) atoms. The predicted octanol–water partition coefficient (Wildman–Crippen LogP) is 2.30. The van der Waals surface area contributed by atoms with E-state index in [0.29, 0.717) is 36.7 Å². The molecule has 3 rings (SSSR count). The lowest BCUT2D eigenvalue weighted by Crippen LogP contribution is -2.11. The molecular weight excluding hydrogens is 332 g/mol. The smallest absolute Gasteiger partial charge is 0.320 e. The quantitative estimate of drug-likeness (QED) is 0.567. The molecule has 3 aromatic rings. The molecule has 0 bridgehead atoms. The minimum atomic E-state index is 0.225. The summed E-state index contributed by atoms with van der Waals surface area (Å²) in [5.41, 5.74) is 8.46. The van der Waals surface area contributed by atoms with Gasteiger partial charge in [-0.2, -0.15) is 9.97 Å². The number of nitrogens with zero attached hydrogens (tertiary/aromatic N) is 4. The molecule has 0 fully saturated rings. The molecule has 0 unspecified atom stereocenters. The van der Waals surface area contributed by atoms with Gasteiger partial charge in [-0.05, 0) is 12.0 Å². The summed E-state index contributed by atoms with van der Waals surface area (Å²) in [5, 5.41) is 3.34. The van der Waals surface area contributed by atoms with E-state index in [2.05, 4.69) is 39.3 Å². The van der Waals surface area contributed by atoms with Gasteiger partial charge in [0.2, 0.25) is 5.95 Å². The lowest BCUT2D eigenvalue weighted by Gasteiger charge is -2.10. The van der Waals surface area contributed by atoms with E-state index in [1.54, 1.807) is 7.11 Å². The topological polar surface area (TPSA) is 100 Å². The first kappa shape index (κ1) is 17.9. The van der Waals surface area contributed by atoms with Gasteiger partial charge in [0.1, 0.15) is 6.61 Å². The summed E-state index contributed by atoms with van der Waals surface area (Å²) in [5.74, 6) is 1.02. The second-order valence-electron chi connectivity index (χ2n) is 5.84. The number of nitrogens with one attached hydrogen (secondary N) is 1. The maximum Gasteiger partial charge on any atom is 0.320 e. The van der Waals surface area contributed by atoms with Crippen LogP contribution in [0.3, 0.4) is 0 Å². The van der Waals surface area contributed by atoms with Gasteiger partial charge >= 0.3 is 6.01 Å². The van der Waals surface area contributed by atoms with Crippen LogP contribution in [0.1, 0.15) is 18.9 Å². The fraction of sp³-hybridized carbons (Fsp3) is 0.389. The van der Waals surface area contributed by atoms with Crippen molar-refractivity contribution in [3.05, 3.63) is 35.9 Å². The standard InChI is InChI=1S/C18H24N6O2/c1-3-9-20-17-21-14-15(19)22-18(26-11-10-25-2)23-16(14)24(17)12-13-7-5-4-6-8-13/h4-8H,3,9-12H2,1-2H3,(H,20,21)(H2,19,22,23). The van der Waals surface area contributed by atoms with Crippen molar-refractivity contribution in [2.45, 2.75) is 19.9 Å². The van der Waals surface area contributed by atoms with Crippen LogP contribution in [0, 0.1) is 0 Å². The van der Waals surface area contributed by atoms with Crippen LogP contribution in [-0.4, -0.2) is 46.4 Å². The average molecular weight is 356 g/mol. The number of nitrogen functional groups attached to an aromatic ring is 1. The molecule has 0 atom stereocenters. The van der Waals surface area contributed by atoms with E-state index in [1.807, 2.05) is 22.8 Å². The number of imidazole rings is 1. The van der Waals surface area contributed by atoms with Gasteiger partial charge in [-0.15, -0.1) is 0 Å². The predicted molar refractivity (Wildman–Crippen MR) is 101 cm³/mol. The number of ether oxygens (including phenoxy) is 2. The Morgan fingerprint density at radius 2 is 1.92 bits per heavy atom. The van der Waals surface area contributed by atoms with Crippen molar-refractivity contribution in [2.75, 3.05) is 37.9 Å². The van der Waals surface area contributed by atoms with E-state index in [9.17, 15) is 0 Å². The highest BCUT2D eigenvalue weighted by atomic mass is 16.5. The number of rotatable bonds is 9. The van der Waals surface area contributed by atoms with Crippen molar-refractivity contribution >= 4 is 22.9 Å². The molecule has 8 heteroatoms. The summed E-state index contributed by atoms with van der Waals surface area (Å²) in [6, 6.07) is 10.4. The Kier molecular flexibility index (Phi) is 5.85. The number of benzene rings is 1. The summed E-state index contributed by atoms with van der Waals surface area (Å²) < 4.78 is 12.5. The van der Waals surface area contributed by atoms with E-state index in [4.69, 9.17) is 15.2 Å². The molecular formula is C18H24N6O2. The first-order valence-electron chi connectivity index (χ1n) is 8.66. The number of hydrogen-bond donors (Lipinski definition) is 2. The zero-order valence-corrected chi connectivity index (χ0v) is 15.1. The molecule has 8 nitrogen and oxygen atoms in total. The van der Waals surface area contributed by atoms with Crippen LogP contribution in [0.25, 0.3) is 11.2 Å². The molecule has 2 aromatic heterocycles. The molecule has 0 aliphatic rings. The number of methoxy groups -OCH3 is 1. The molecule has 1 aromatic carbocycles. The van der Waals surface area contributed by atoms with Gasteiger partial charge in [0, 0.05) is 13.7 Å². The minimum absolute atomic E-state index is 0.225. The molecule has 2 heterocycles. The fourth-order valence-electron chi connectivity index (χ4n) is 2.57. The zero-order valence-electron chi connectivity index (χ0n) is 15.1. The highest BCUT2D eigenvalue weighted by Gasteiger charge is 2.17. The summed E-state index contributed by atoms with van der Waals surface area (Å²) in [6.07, 6.45) is 0.987. The van der Waals surface area contributed by atoms with Crippen molar-refractivity contribution in [2.24, 2.45) is 0 Å². The molecule has 3 N–H and O–H groups in total. The van der Waals surface area contributed by atoms with Gasteiger partial charge < -0.3 is 20.5 Å². The maximum absolute atomic E-state index is 6.10. The van der Waals surface area contributed by atoms with Crippen molar-refractivity contribution in [3.8, 4) is 6.01 Å². The van der Waals surface area contributed by atoms with Crippen LogP contribution >= 0.6 is 0 Å². The van der Waals surface area contributed by atoms with Crippen LogP contribution in [0.4, 0.5) is 11.8 Å². The number of anilines is 2. The Hall–Kier alpha value is -2.87. The number of fused-ring (bicyclic) bond motifs is 1. The zero-order chi connectivity index (χ0) is 18.4. The van der Waals surface area contributed by atoms with E-state index < -0.39 is 0 Å². The largest absolute Gasteiger partial charge is 0.461 e. The Morgan fingerprint density at radius 3 is 2.65 bits per heavy atom. The van der Waals surface area contributed by atoms with Crippen LogP contribution in [-0.2, 0) is 11.3 Å². The summed E-state index contributed by atoms with van der Waals surface area (Å²) in [6.45, 7) is 4.34. The van der Waals surface area contributed by atoms with E-state index >= 15 is 0 Å². The molecule has 138 valence electrons. The van der Waals surface area contributed by atoms with Crippen molar-refractivity contribution in [1.29, 1.82) is 0 Å². The van der Waals surface area contributed by atoms with Crippen LogP contribution in [0.5, 0.6) is 6.01 Å². The van der Waals surface area contributed by atoms with Gasteiger partial charge in [-0.25, -0.2) is 4.98 Å². The summed E-state index contributed by atoms with van der Waals surface area (Å²) >= 11 is 0. The SMILES string of the molecule is CCCNc1nc2c(N)nc(OCCOC)nc2n1Cc1ccccc1. The minimum Gasteiger partial charge on any atom is -0.461 e. The van der Waals surface area contributed by atoms with Crippen LogP contribution in [0.15, 0.2) is 30.3 Å². The molecule has 0 radical (unpaired) electrons. The highest BCUT2D eigenvalue weighted by molar-refractivity contribution is 5.84. The van der Waals surface area contributed by atoms with E-state index in [-0.39, 0.29) is 6.01 Å². The van der Waals surface area contributed by atoms with Gasteiger partial charge in [-0.3, -0.25) is 4.57 Å². The molecule has 0 saturated carbocycles. The van der Waals surface area contributed by atoms with E-state index in [1.165, 1.54) is 0 Å². The number of aromatic nitrogens is 4. The monoisotopic (exact) mass is 356 g/mol. The number of nitrogens with two attached hydrogens (primary N) is 1. The molecule has 0 aliphatic heterocycles. The van der Waals surface area contributed by atoms with Gasteiger partial charge in [0.05, 0.1) is 13.2 Å². The second kappa shape index (κ2) is 8.48. The first-order chi connectivity index (χ1) is 12.7. The van der Waals surface area contributed by atoms with Gasteiger partial charge in [-0.1, -0.05) is 37.3 Å². The highest BCUT2D eigenvalue weighted by Crippen LogP contribution is 2.25.